The van der Waals surface area contributed by atoms with Gasteiger partial charge in [-0.05, 0) is 49.7 Å². The predicted molar refractivity (Wildman–Crippen MR) is 77.1 cm³/mol. The second-order valence-corrected chi connectivity index (χ2v) is 4.84. The highest BCUT2D eigenvalue weighted by molar-refractivity contribution is 6.29. The highest BCUT2D eigenvalue weighted by Gasteiger charge is 2.22. The number of rotatable bonds is 4. The molecule has 0 saturated carbocycles. The largest absolute Gasteiger partial charge is 0.496 e. The fraction of sp³-hybridized carbons (Fsp3) is 0.333. The molecular formula is C15H18ClNO2. The number of ether oxygens (including phenoxy) is 1. The van der Waals surface area contributed by atoms with Crippen molar-refractivity contribution in [1.82, 2.24) is 5.32 Å². The zero-order chi connectivity index (χ0) is 14.0. The summed E-state index contributed by atoms with van der Waals surface area (Å²) in [6.45, 7) is 4.13. The van der Waals surface area contributed by atoms with Crippen molar-refractivity contribution in [2.45, 2.75) is 19.9 Å². The van der Waals surface area contributed by atoms with E-state index in [1.165, 1.54) is 5.56 Å². The summed E-state index contributed by atoms with van der Waals surface area (Å²) in [4.78, 5) is 0. The quantitative estimate of drug-likeness (QED) is 0.923. The fourth-order valence-electron chi connectivity index (χ4n) is 2.30. The molecule has 0 amide bonds. The van der Waals surface area contributed by atoms with Crippen LogP contribution < -0.4 is 10.1 Å². The van der Waals surface area contributed by atoms with Crippen LogP contribution in [0, 0.1) is 13.8 Å². The first kappa shape index (κ1) is 14.0. The van der Waals surface area contributed by atoms with E-state index in [2.05, 4.69) is 31.3 Å². The van der Waals surface area contributed by atoms with E-state index in [-0.39, 0.29) is 6.04 Å². The lowest BCUT2D eigenvalue weighted by atomic mass is 9.96. The van der Waals surface area contributed by atoms with Crippen molar-refractivity contribution < 1.29 is 9.15 Å². The third-order valence-corrected chi connectivity index (χ3v) is 3.78. The molecule has 0 aliphatic carbocycles. The number of aryl methyl sites for hydroxylation is 1. The topological polar surface area (TPSA) is 34.4 Å². The van der Waals surface area contributed by atoms with Crippen LogP contribution in [0.25, 0.3) is 0 Å². The summed E-state index contributed by atoms with van der Waals surface area (Å²) in [5.41, 5.74) is 4.30. The average Bonchev–Trinajstić information content (AvgIpc) is 2.81. The number of halogens is 1. The summed E-state index contributed by atoms with van der Waals surface area (Å²) in [5.74, 6) is 0.886. The number of furan rings is 1. The molecule has 1 unspecified atom stereocenters. The van der Waals surface area contributed by atoms with Gasteiger partial charge in [0.15, 0.2) is 5.22 Å². The number of benzene rings is 1. The lowest BCUT2D eigenvalue weighted by molar-refractivity contribution is 0.401. The highest BCUT2D eigenvalue weighted by atomic mass is 35.5. The second-order valence-electron chi connectivity index (χ2n) is 4.50. The van der Waals surface area contributed by atoms with E-state index in [9.17, 15) is 0 Å². The molecule has 3 nitrogen and oxygen atoms in total. The standard InChI is InChI=1S/C15H18ClNO2/c1-9-5-6-11(14(18-4)10(9)2)13(17-3)12-7-8-19-15(12)16/h5-8,13,17H,1-4H3. The Kier molecular flexibility index (Phi) is 4.17. The van der Waals surface area contributed by atoms with Crippen LogP contribution in [0.3, 0.4) is 0 Å². The zero-order valence-corrected chi connectivity index (χ0v) is 12.3. The fourth-order valence-corrected chi connectivity index (χ4v) is 2.52. The Bertz CT molecular complexity index is 578. The van der Waals surface area contributed by atoms with Gasteiger partial charge in [-0.25, -0.2) is 0 Å². The van der Waals surface area contributed by atoms with Crippen LogP contribution in [0.4, 0.5) is 0 Å². The van der Waals surface area contributed by atoms with Gasteiger partial charge in [0.25, 0.3) is 0 Å². The molecule has 1 atom stereocenters. The summed E-state index contributed by atoms with van der Waals surface area (Å²) >= 11 is 6.08. The zero-order valence-electron chi connectivity index (χ0n) is 11.6. The normalized spacial score (nSPS) is 12.5. The van der Waals surface area contributed by atoms with Gasteiger partial charge in [-0.15, -0.1) is 0 Å². The molecule has 1 aromatic heterocycles. The first-order valence-corrected chi connectivity index (χ1v) is 6.52. The Morgan fingerprint density at radius 3 is 2.47 bits per heavy atom. The molecule has 0 spiro atoms. The van der Waals surface area contributed by atoms with E-state index >= 15 is 0 Å². The molecule has 0 saturated heterocycles. The van der Waals surface area contributed by atoms with E-state index in [4.69, 9.17) is 20.8 Å². The van der Waals surface area contributed by atoms with Crippen LogP contribution in [-0.2, 0) is 0 Å². The van der Waals surface area contributed by atoms with Gasteiger partial charge in [-0.1, -0.05) is 12.1 Å². The molecule has 0 radical (unpaired) electrons. The van der Waals surface area contributed by atoms with Gasteiger partial charge in [0.2, 0.25) is 0 Å². The molecule has 2 rings (SSSR count). The van der Waals surface area contributed by atoms with Crippen LogP contribution in [-0.4, -0.2) is 14.2 Å². The van der Waals surface area contributed by atoms with Crippen molar-refractivity contribution >= 4 is 11.6 Å². The van der Waals surface area contributed by atoms with Gasteiger partial charge < -0.3 is 14.5 Å². The van der Waals surface area contributed by atoms with Gasteiger partial charge in [0, 0.05) is 11.1 Å². The highest BCUT2D eigenvalue weighted by Crippen LogP contribution is 2.36. The van der Waals surface area contributed by atoms with Gasteiger partial charge in [0.05, 0.1) is 19.4 Å². The molecule has 0 bridgehead atoms. The van der Waals surface area contributed by atoms with Crippen LogP contribution >= 0.6 is 11.6 Å². The van der Waals surface area contributed by atoms with Crippen molar-refractivity contribution in [3.05, 3.63) is 51.9 Å². The Hall–Kier alpha value is -1.45. The molecule has 4 heteroatoms. The van der Waals surface area contributed by atoms with E-state index in [0.29, 0.717) is 5.22 Å². The maximum Gasteiger partial charge on any atom is 0.198 e. The summed E-state index contributed by atoms with van der Waals surface area (Å²) in [6.07, 6.45) is 1.59. The van der Waals surface area contributed by atoms with Gasteiger partial charge in [-0.2, -0.15) is 0 Å². The monoisotopic (exact) mass is 279 g/mol. The minimum atomic E-state index is -0.0551. The van der Waals surface area contributed by atoms with Crippen molar-refractivity contribution in [2.24, 2.45) is 0 Å². The molecule has 19 heavy (non-hydrogen) atoms. The van der Waals surface area contributed by atoms with Gasteiger partial charge >= 0.3 is 0 Å². The summed E-state index contributed by atoms with van der Waals surface area (Å²) in [5, 5.41) is 3.66. The molecule has 0 aliphatic heterocycles. The van der Waals surface area contributed by atoms with E-state index in [0.717, 1.165) is 22.4 Å². The Labute approximate surface area is 118 Å². The Morgan fingerprint density at radius 2 is 1.95 bits per heavy atom. The van der Waals surface area contributed by atoms with E-state index < -0.39 is 0 Å². The maximum atomic E-state index is 6.08. The smallest absolute Gasteiger partial charge is 0.198 e. The van der Waals surface area contributed by atoms with E-state index in [1.807, 2.05) is 13.1 Å². The summed E-state index contributed by atoms with van der Waals surface area (Å²) < 4.78 is 10.7. The minimum Gasteiger partial charge on any atom is -0.496 e. The summed E-state index contributed by atoms with van der Waals surface area (Å²) in [7, 11) is 3.58. The summed E-state index contributed by atoms with van der Waals surface area (Å²) in [6, 6.07) is 5.97. The number of nitrogens with one attached hydrogen (secondary N) is 1. The van der Waals surface area contributed by atoms with Crippen molar-refractivity contribution in [3.63, 3.8) is 0 Å². The molecule has 102 valence electrons. The lowest BCUT2D eigenvalue weighted by Gasteiger charge is -2.21. The number of methoxy groups -OCH3 is 1. The average molecular weight is 280 g/mol. The molecular weight excluding hydrogens is 262 g/mol. The van der Waals surface area contributed by atoms with Gasteiger partial charge in [-0.3, -0.25) is 0 Å². The predicted octanol–water partition coefficient (Wildman–Crippen LogP) is 3.87. The second kappa shape index (κ2) is 5.68. The van der Waals surface area contributed by atoms with Crippen LogP contribution in [0.5, 0.6) is 5.75 Å². The molecule has 0 aliphatic rings. The van der Waals surface area contributed by atoms with Crippen molar-refractivity contribution in [3.8, 4) is 5.75 Å². The Morgan fingerprint density at radius 1 is 1.21 bits per heavy atom. The first-order chi connectivity index (χ1) is 9.10. The van der Waals surface area contributed by atoms with Crippen LogP contribution in [0.2, 0.25) is 5.22 Å². The Balaban J connectivity index is 2.56. The molecule has 2 aromatic rings. The minimum absolute atomic E-state index is 0.0551. The van der Waals surface area contributed by atoms with E-state index in [1.54, 1.807) is 13.4 Å². The molecule has 1 N–H and O–H groups in total. The third kappa shape index (κ3) is 2.48. The van der Waals surface area contributed by atoms with Gasteiger partial charge in [0.1, 0.15) is 5.75 Å². The van der Waals surface area contributed by atoms with Crippen molar-refractivity contribution in [2.75, 3.05) is 14.2 Å². The lowest BCUT2D eigenvalue weighted by Crippen LogP contribution is -2.18. The SMILES string of the molecule is CNC(c1ccoc1Cl)c1ccc(C)c(C)c1OC. The third-order valence-electron chi connectivity index (χ3n) is 3.47. The molecule has 1 aromatic carbocycles. The van der Waals surface area contributed by atoms with Crippen LogP contribution in [0.1, 0.15) is 28.3 Å². The molecule has 0 fully saturated rings. The first-order valence-electron chi connectivity index (χ1n) is 6.14. The number of hydrogen-bond acceptors (Lipinski definition) is 3. The van der Waals surface area contributed by atoms with Crippen molar-refractivity contribution in [1.29, 1.82) is 0 Å². The maximum absolute atomic E-state index is 6.08. The van der Waals surface area contributed by atoms with Crippen LogP contribution in [0.15, 0.2) is 28.9 Å². The molecule has 1 heterocycles. The number of hydrogen-bond donors (Lipinski definition) is 1.